The van der Waals surface area contributed by atoms with Crippen molar-refractivity contribution < 1.29 is 53.9 Å². The Morgan fingerprint density at radius 1 is 0.405 bits per heavy atom. The molecule has 19 nitrogen and oxygen atoms in total. The van der Waals surface area contributed by atoms with Gasteiger partial charge in [0.1, 0.15) is 0 Å². The summed E-state index contributed by atoms with van der Waals surface area (Å²) in [5.41, 5.74) is 14.5. The highest BCUT2D eigenvalue weighted by molar-refractivity contribution is 6.00. The number of nitrogens with zero attached hydrogens (tertiary/aromatic N) is 5. The number of H-pyrrole nitrogens is 2. The lowest BCUT2D eigenvalue weighted by Crippen LogP contribution is -2.46. The normalized spacial score (nSPS) is 11.8. The van der Waals surface area contributed by atoms with Gasteiger partial charge in [-0.2, -0.15) is 0 Å². The Labute approximate surface area is 484 Å². The third-order valence-corrected chi connectivity index (χ3v) is 14.2. The van der Waals surface area contributed by atoms with E-state index in [2.05, 4.69) is 88.1 Å². The molecule has 4 aromatic carbocycles. The summed E-state index contributed by atoms with van der Waals surface area (Å²) in [5.74, 6) is -5.76. The predicted molar refractivity (Wildman–Crippen MR) is 322 cm³/mol. The van der Waals surface area contributed by atoms with Crippen molar-refractivity contribution in [1.29, 1.82) is 0 Å². The van der Waals surface area contributed by atoms with Gasteiger partial charge in [-0.05, 0) is 102 Å². The number of nitrogens with one attached hydrogen (secondary N) is 3. The molecule has 0 saturated carbocycles. The number of hydrogen-bond acceptors (Lipinski definition) is 12. The number of fused-ring (bicyclic) bond motifs is 8. The second-order valence-corrected chi connectivity index (χ2v) is 20.4. The van der Waals surface area contributed by atoms with Crippen molar-refractivity contribution in [3.8, 4) is 44.5 Å². The van der Waals surface area contributed by atoms with Crippen molar-refractivity contribution in [3.05, 3.63) is 168 Å². The lowest BCUT2D eigenvalue weighted by atomic mass is 10.0. The van der Waals surface area contributed by atoms with Gasteiger partial charge in [0, 0.05) is 77.0 Å². The van der Waals surface area contributed by atoms with Crippen LogP contribution < -0.4 is 5.32 Å². The average molecular weight is 1130 g/mol. The van der Waals surface area contributed by atoms with E-state index in [0.29, 0.717) is 37.8 Å². The highest BCUT2D eigenvalue weighted by Crippen LogP contribution is 2.38. The molecule has 5 heterocycles. The van der Waals surface area contributed by atoms with Crippen LogP contribution in [0.4, 0.5) is 0 Å². The number of esters is 1. The van der Waals surface area contributed by atoms with Gasteiger partial charge in [0.25, 0.3) is 0 Å². The van der Waals surface area contributed by atoms with Gasteiger partial charge in [-0.3, -0.25) is 38.7 Å². The molecule has 2 aliphatic heterocycles. The van der Waals surface area contributed by atoms with Crippen LogP contribution in [0.2, 0.25) is 0 Å². The van der Waals surface area contributed by atoms with Crippen molar-refractivity contribution in [1.82, 2.24) is 40.0 Å². The van der Waals surface area contributed by atoms with Crippen LogP contribution >= 0.6 is 0 Å². The maximum absolute atomic E-state index is 13.4. The average Bonchev–Trinajstić information content (AvgIpc) is 2.80. The number of ether oxygens (including phenoxy) is 1. The number of carbonyl (C=O) groups excluding carboxylic acids is 2. The van der Waals surface area contributed by atoms with E-state index in [1.54, 1.807) is 12.1 Å². The van der Waals surface area contributed by atoms with Crippen molar-refractivity contribution in [3.63, 3.8) is 0 Å². The van der Waals surface area contributed by atoms with Crippen LogP contribution in [-0.4, -0.2) is 163 Å². The van der Waals surface area contributed by atoms with E-state index in [-0.39, 0.29) is 39.3 Å². The number of benzene rings is 4. The molecule has 0 atom stereocenters. The van der Waals surface area contributed by atoms with Crippen LogP contribution in [0.1, 0.15) is 58.8 Å². The van der Waals surface area contributed by atoms with E-state index in [0.717, 1.165) is 94.3 Å². The zero-order valence-corrected chi connectivity index (χ0v) is 46.1. The molecule has 0 aliphatic carbocycles. The van der Waals surface area contributed by atoms with Crippen molar-refractivity contribution >= 4 is 82.1 Å². The summed E-state index contributed by atoms with van der Waals surface area (Å²) in [6.45, 7) is -1.90. The van der Waals surface area contributed by atoms with Crippen LogP contribution in [0.5, 0.6) is 0 Å². The van der Waals surface area contributed by atoms with E-state index in [1.807, 2.05) is 78.9 Å². The fraction of sp³-hybridized carbons (Fsp3) is 0.231. The first kappa shape index (κ1) is 58.8. The van der Waals surface area contributed by atoms with Gasteiger partial charge in [-0.15, -0.1) is 0 Å². The van der Waals surface area contributed by atoms with Crippen molar-refractivity contribution in [2.75, 3.05) is 72.1 Å². The molecule has 0 radical (unpaired) electrons. The van der Waals surface area contributed by atoms with Gasteiger partial charge in [-0.1, -0.05) is 110 Å². The summed E-state index contributed by atoms with van der Waals surface area (Å²) in [4.78, 5) is 94.1. The number of rotatable bonds is 28. The first-order valence-corrected chi connectivity index (χ1v) is 27.7. The molecule has 7 aromatic rings. The largest absolute Gasteiger partial charge is 0.480 e. The Kier molecular flexibility index (Phi) is 19.8. The second-order valence-electron chi connectivity index (χ2n) is 20.4. The summed E-state index contributed by atoms with van der Waals surface area (Å²) in [6, 6.07) is 46.3. The fourth-order valence-corrected chi connectivity index (χ4v) is 10.4. The Hall–Kier alpha value is -9.82. The highest BCUT2D eigenvalue weighted by atomic mass is 16.5. The quantitative estimate of drug-likeness (QED) is 0.0178. The first-order valence-electron chi connectivity index (χ1n) is 27.7. The molecule has 430 valence electrons. The predicted octanol–water partition coefficient (Wildman–Crippen LogP) is 9.40. The van der Waals surface area contributed by atoms with Crippen LogP contribution in [0, 0.1) is 0 Å². The molecule has 3 aromatic heterocycles. The summed E-state index contributed by atoms with van der Waals surface area (Å²) in [5, 5.41) is 40.0. The van der Waals surface area contributed by atoms with E-state index in [4.69, 9.17) is 24.9 Å². The number of unbranched alkanes of at least 4 members (excludes halogenated alkanes) is 3. The minimum atomic E-state index is -1.24. The molecular weight excluding hydrogens is 1070 g/mol. The van der Waals surface area contributed by atoms with Gasteiger partial charge in [0.05, 0.1) is 67.7 Å². The fourth-order valence-electron chi connectivity index (χ4n) is 10.4. The minimum Gasteiger partial charge on any atom is -0.480 e. The summed E-state index contributed by atoms with van der Waals surface area (Å²) in [7, 11) is 0. The lowest BCUT2D eigenvalue weighted by molar-refractivity contribution is -0.143. The summed E-state index contributed by atoms with van der Waals surface area (Å²) >= 11 is 0. The number of hydrogen-bond donors (Lipinski definition) is 7. The molecular formula is C65H64N8O11. The molecule has 1 amide bonds. The minimum absolute atomic E-state index is 0.000425. The van der Waals surface area contributed by atoms with E-state index in [9.17, 15) is 39.0 Å². The standard InChI is InChI=1S/C65H64N8O11/c74-56(38-72(40-58(77)78)35-33-71(39-57(75)76)34-36-73(41-59(79)80)42-60(81)82)66-32-12-1-2-13-37-84-65(83)47-22-20-46(21-23-47)64-54-30-28-52(69-54)62(44-16-8-4-9-17-44)50-26-24-48(67-50)61(43-14-6-3-7-15-43)49-25-27-51(68-49)63(45-18-10-5-11-19-45)53-29-31-55(64)70-53/h3-11,14-31,67,70H,1-2,12-13,32-42H2,(H,66,74)(H,75,76)(H,77,78)(H,79,80)(H,81,82). The molecule has 7 N–H and O–H groups in total. The first-order chi connectivity index (χ1) is 40.8. The number of carboxylic acids is 4. The Morgan fingerprint density at radius 3 is 1.14 bits per heavy atom. The SMILES string of the molecule is O=C(O)CN(CCN(CC(=O)O)CC(=O)O)CCN(CC(=O)O)CC(=O)NCCCCCCOC(=O)c1ccc(-c2c3nc(c(-c4ccccc4)c4ccc([nH]4)c(-c4ccccc4)c4nc(c(-c5ccccc5)c5ccc2[nH]5)C=C4)C=C3)cc1. The third-order valence-electron chi connectivity index (χ3n) is 14.2. The van der Waals surface area contributed by atoms with Crippen molar-refractivity contribution in [2.24, 2.45) is 0 Å². The summed E-state index contributed by atoms with van der Waals surface area (Å²) < 4.78 is 5.71. The number of aromatic nitrogens is 4. The molecule has 0 spiro atoms. The smallest absolute Gasteiger partial charge is 0.338 e. The lowest BCUT2D eigenvalue weighted by Gasteiger charge is -2.27. The zero-order valence-electron chi connectivity index (χ0n) is 46.1. The molecule has 8 bridgehead atoms. The molecule has 0 unspecified atom stereocenters. The van der Waals surface area contributed by atoms with Crippen LogP contribution in [0.25, 0.3) is 90.9 Å². The second kappa shape index (κ2) is 28.2. The Bertz CT molecular complexity index is 3700. The van der Waals surface area contributed by atoms with Gasteiger partial charge in [0.2, 0.25) is 5.91 Å². The molecule has 0 saturated heterocycles. The Morgan fingerprint density at radius 2 is 0.750 bits per heavy atom. The van der Waals surface area contributed by atoms with Crippen LogP contribution in [0.15, 0.2) is 140 Å². The van der Waals surface area contributed by atoms with Crippen molar-refractivity contribution in [2.45, 2.75) is 25.7 Å². The van der Waals surface area contributed by atoms with Crippen LogP contribution in [0.3, 0.4) is 0 Å². The number of amides is 1. The number of carbonyl (C=O) groups is 6. The van der Waals surface area contributed by atoms with E-state index < -0.39 is 61.9 Å². The molecule has 2 aliphatic rings. The van der Waals surface area contributed by atoms with Gasteiger partial charge < -0.3 is 40.4 Å². The highest BCUT2D eigenvalue weighted by Gasteiger charge is 2.22. The van der Waals surface area contributed by atoms with Gasteiger partial charge >= 0.3 is 29.8 Å². The third kappa shape index (κ3) is 15.6. The zero-order chi connectivity index (χ0) is 59.0. The summed E-state index contributed by atoms with van der Waals surface area (Å²) in [6.07, 6.45) is 10.8. The topological polar surface area (TPSA) is 272 Å². The number of carboxylic acid groups (broad SMARTS) is 4. The number of aromatic amines is 2. The maximum Gasteiger partial charge on any atom is 0.338 e. The van der Waals surface area contributed by atoms with Crippen LogP contribution in [-0.2, 0) is 28.7 Å². The van der Waals surface area contributed by atoms with Gasteiger partial charge in [-0.25, -0.2) is 14.8 Å². The Balaban J connectivity index is 0.871. The molecule has 84 heavy (non-hydrogen) atoms. The molecule has 9 rings (SSSR count). The van der Waals surface area contributed by atoms with E-state index >= 15 is 0 Å². The maximum atomic E-state index is 13.4. The molecule has 0 fully saturated rings. The van der Waals surface area contributed by atoms with Gasteiger partial charge in [0.15, 0.2) is 0 Å². The monoisotopic (exact) mass is 1130 g/mol. The molecule has 19 heteroatoms. The number of aliphatic carboxylic acids is 4. The van der Waals surface area contributed by atoms with E-state index in [1.165, 1.54) is 9.80 Å².